The summed E-state index contributed by atoms with van der Waals surface area (Å²) in [6.45, 7) is 2.30. The lowest BCUT2D eigenvalue weighted by atomic mass is 9.86. The Morgan fingerprint density at radius 1 is 1.26 bits per heavy atom. The molecule has 2 unspecified atom stereocenters. The second-order valence-electron chi connectivity index (χ2n) is 5.97. The second kappa shape index (κ2) is 5.21. The Hall–Kier alpha value is -1.56. The maximum atomic E-state index is 9.32. The largest absolute Gasteiger partial charge is 0.366 e. The number of aryl methyl sites for hydroxylation is 2. The van der Waals surface area contributed by atoms with Crippen LogP contribution in [0, 0.1) is 17.2 Å². The molecular formula is C16H21N3. The first-order valence-electron chi connectivity index (χ1n) is 7.47. The zero-order chi connectivity index (χ0) is 13.2. The number of pyridine rings is 1. The van der Waals surface area contributed by atoms with E-state index in [0.717, 1.165) is 24.2 Å². The average Bonchev–Trinajstić information content (AvgIpc) is 2.87. The molecule has 1 aromatic rings. The van der Waals surface area contributed by atoms with Gasteiger partial charge in [0, 0.05) is 11.7 Å². The number of rotatable bonds is 2. The van der Waals surface area contributed by atoms with Crippen LogP contribution in [0.15, 0.2) is 6.07 Å². The SMILES string of the molecule is CC1CCCCC1Nc1nc2c(cc1C#N)CCC2. The van der Waals surface area contributed by atoms with Crippen LogP contribution in [0.3, 0.4) is 0 Å². The van der Waals surface area contributed by atoms with E-state index in [9.17, 15) is 5.26 Å². The van der Waals surface area contributed by atoms with E-state index in [0.29, 0.717) is 12.0 Å². The Balaban J connectivity index is 1.85. The number of nitrogens with one attached hydrogen (secondary N) is 1. The summed E-state index contributed by atoms with van der Waals surface area (Å²) in [5.74, 6) is 1.50. The molecule has 3 rings (SSSR count). The Morgan fingerprint density at radius 3 is 2.89 bits per heavy atom. The first-order chi connectivity index (χ1) is 9.28. The smallest absolute Gasteiger partial charge is 0.144 e. The van der Waals surface area contributed by atoms with Crippen molar-refractivity contribution in [1.29, 1.82) is 5.26 Å². The van der Waals surface area contributed by atoms with Gasteiger partial charge in [0.2, 0.25) is 0 Å². The number of hydrogen-bond acceptors (Lipinski definition) is 3. The van der Waals surface area contributed by atoms with Crippen LogP contribution < -0.4 is 5.32 Å². The van der Waals surface area contributed by atoms with Gasteiger partial charge in [-0.2, -0.15) is 5.26 Å². The highest BCUT2D eigenvalue weighted by molar-refractivity contribution is 5.55. The summed E-state index contributed by atoms with van der Waals surface area (Å²) in [6, 6.07) is 4.83. The van der Waals surface area contributed by atoms with Crippen molar-refractivity contribution >= 4 is 5.82 Å². The molecule has 19 heavy (non-hydrogen) atoms. The van der Waals surface area contributed by atoms with Crippen LogP contribution in [0.1, 0.15) is 55.8 Å². The van der Waals surface area contributed by atoms with Gasteiger partial charge < -0.3 is 5.32 Å². The van der Waals surface area contributed by atoms with Gasteiger partial charge in [-0.1, -0.05) is 19.8 Å². The van der Waals surface area contributed by atoms with Crippen molar-refractivity contribution in [2.45, 2.75) is 57.9 Å². The summed E-state index contributed by atoms with van der Waals surface area (Å²) in [5.41, 5.74) is 3.20. The summed E-state index contributed by atoms with van der Waals surface area (Å²) in [6.07, 6.45) is 8.43. The van der Waals surface area contributed by atoms with E-state index in [-0.39, 0.29) is 0 Å². The van der Waals surface area contributed by atoms with Crippen molar-refractivity contribution in [1.82, 2.24) is 4.98 Å². The van der Waals surface area contributed by atoms with Crippen LogP contribution in [0.4, 0.5) is 5.82 Å². The highest BCUT2D eigenvalue weighted by atomic mass is 15.0. The molecule has 3 nitrogen and oxygen atoms in total. The zero-order valence-electron chi connectivity index (χ0n) is 11.6. The third-order valence-electron chi connectivity index (χ3n) is 4.60. The predicted molar refractivity (Wildman–Crippen MR) is 76.0 cm³/mol. The van der Waals surface area contributed by atoms with Crippen LogP contribution in [-0.4, -0.2) is 11.0 Å². The lowest BCUT2D eigenvalue weighted by Gasteiger charge is -2.30. The fourth-order valence-electron chi connectivity index (χ4n) is 3.37. The molecule has 1 aromatic heterocycles. The van der Waals surface area contributed by atoms with E-state index in [4.69, 9.17) is 4.98 Å². The molecule has 2 aliphatic rings. The molecule has 0 bridgehead atoms. The van der Waals surface area contributed by atoms with Crippen molar-refractivity contribution in [3.05, 3.63) is 22.9 Å². The summed E-state index contributed by atoms with van der Waals surface area (Å²) in [7, 11) is 0. The molecular weight excluding hydrogens is 234 g/mol. The molecule has 0 aromatic carbocycles. The molecule has 0 aliphatic heterocycles. The van der Waals surface area contributed by atoms with E-state index in [1.807, 2.05) is 6.07 Å². The van der Waals surface area contributed by atoms with E-state index < -0.39 is 0 Å². The molecule has 1 saturated carbocycles. The Morgan fingerprint density at radius 2 is 2.11 bits per heavy atom. The molecule has 1 N–H and O–H groups in total. The first-order valence-corrected chi connectivity index (χ1v) is 7.47. The van der Waals surface area contributed by atoms with Crippen molar-refractivity contribution in [3.63, 3.8) is 0 Å². The van der Waals surface area contributed by atoms with Crippen molar-refractivity contribution in [3.8, 4) is 6.07 Å². The summed E-state index contributed by atoms with van der Waals surface area (Å²) in [5, 5.41) is 12.9. The fraction of sp³-hybridized carbons (Fsp3) is 0.625. The lowest BCUT2D eigenvalue weighted by molar-refractivity contribution is 0.349. The van der Waals surface area contributed by atoms with Gasteiger partial charge in [-0.3, -0.25) is 0 Å². The quantitative estimate of drug-likeness (QED) is 0.880. The standard InChI is InChI=1S/C16H21N3/c1-11-5-2-3-7-14(11)18-16-13(10-17)9-12-6-4-8-15(12)19-16/h9,11,14H,2-8H2,1H3,(H,18,19). The number of hydrogen-bond donors (Lipinski definition) is 1. The molecule has 1 heterocycles. The summed E-state index contributed by atoms with van der Waals surface area (Å²) >= 11 is 0. The van der Waals surface area contributed by atoms with Crippen LogP contribution in [-0.2, 0) is 12.8 Å². The van der Waals surface area contributed by atoms with Gasteiger partial charge in [0.15, 0.2) is 0 Å². The Bertz CT molecular complexity index is 515. The van der Waals surface area contributed by atoms with E-state index in [1.165, 1.54) is 43.4 Å². The third kappa shape index (κ3) is 2.45. The number of fused-ring (bicyclic) bond motifs is 1. The van der Waals surface area contributed by atoms with E-state index in [1.54, 1.807) is 0 Å². The van der Waals surface area contributed by atoms with Crippen LogP contribution in [0.2, 0.25) is 0 Å². The molecule has 0 amide bonds. The van der Waals surface area contributed by atoms with E-state index in [2.05, 4.69) is 18.3 Å². The summed E-state index contributed by atoms with van der Waals surface area (Å²) < 4.78 is 0. The molecule has 100 valence electrons. The van der Waals surface area contributed by atoms with Gasteiger partial charge >= 0.3 is 0 Å². The highest BCUT2D eigenvalue weighted by Gasteiger charge is 2.23. The number of aromatic nitrogens is 1. The molecule has 0 saturated heterocycles. The Kier molecular flexibility index (Phi) is 3.42. The molecule has 2 aliphatic carbocycles. The van der Waals surface area contributed by atoms with Crippen molar-refractivity contribution in [2.75, 3.05) is 5.32 Å². The number of nitrogens with zero attached hydrogens (tertiary/aromatic N) is 2. The zero-order valence-corrected chi connectivity index (χ0v) is 11.6. The Labute approximate surface area is 115 Å². The maximum Gasteiger partial charge on any atom is 0.144 e. The lowest BCUT2D eigenvalue weighted by Crippen LogP contribution is -2.31. The minimum Gasteiger partial charge on any atom is -0.366 e. The van der Waals surface area contributed by atoms with Gasteiger partial charge in [-0.15, -0.1) is 0 Å². The van der Waals surface area contributed by atoms with Crippen molar-refractivity contribution < 1.29 is 0 Å². The minimum atomic E-state index is 0.479. The van der Waals surface area contributed by atoms with Gasteiger partial charge in [-0.25, -0.2) is 4.98 Å². The molecule has 0 radical (unpaired) electrons. The highest BCUT2D eigenvalue weighted by Crippen LogP contribution is 2.29. The molecule has 0 spiro atoms. The molecule has 2 atom stereocenters. The first kappa shape index (κ1) is 12.5. The topological polar surface area (TPSA) is 48.7 Å². The second-order valence-corrected chi connectivity index (χ2v) is 5.97. The van der Waals surface area contributed by atoms with Crippen LogP contribution in [0.5, 0.6) is 0 Å². The van der Waals surface area contributed by atoms with E-state index >= 15 is 0 Å². The molecule has 3 heteroatoms. The fourth-order valence-corrected chi connectivity index (χ4v) is 3.37. The normalized spacial score (nSPS) is 25.7. The van der Waals surface area contributed by atoms with Crippen molar-refractivity contribution in [2.24, 2.45) is 5.92 Å². The van der Waals surface area contributed by atoms with Crippen LogP contribution >= 0.6 is 0 Å². The van der Waals surface area contributed by atoms with Gasteiger partial charge in [-0.05, 0) is 49.7 Å². The molecule has 1 fully saturated rings. The summed E-state index contributed by atoms with van der Waals surface area (Å²) in [4.78, 5) is 4.72. The number of nitriles is 1. The van der Waals surface area contributed by atoms with Gasteiger partial charge in [0.25, 0.3) is 0 Å². The average molecular weight is 255 g/mol. The third-order valence-corrected chi connectivity index (χ3v) is 4.60. The maximum absolute atomic E-state index is 9.32. The van der Waals surface area contributed by atoms with Gasteiger partial charge in [0.1, 0.15) is 11.9 Å². The van der Waals surface area contributed by atoms with Gasteiger partial charge in [0.05, 0.1) is 5.56 Å². The predicted octanol–water partition coefficient (Wildman–Crippen LogP) is 3.43. The monoisotopic (exact) mass is 255 g/mol. The minimum absolute atomic E-state index is 0.479. The number of anilines is 1. The van der Waals surface area contributed by atoms with Crippen LogP contribution in [0.25, 0.3) is 0 Å².